The van der Waals surface area contributed by atoms with Gasteiger partial charge in [0.1, 0.15) is 5.69 Å². The summed E-state index contributed by atoms with van der Waals surface area (Å²) in [5.41, 5.74) is 0.679. The van der Waals surface area contributed by atoms with Crippen LogP contribution in [0.3, 0.4) is 0 Å². The number of halogens is 3. The number of alkyl halides is 3. The molecular weight excluding hydrogens is 477 g/mol. The first-order valence-electron chi connectivity index (χ1n) is 12.9. The Bertz CT molecular complexity index is 999. The second kappa shape index (κ2) is 11.9. The molecular formula is C29H41F3N4O. The number of nitrogens with one attached hydrogen (secondary N) is 1. The molecule has 2 atom stereocenters. The molecule has 2 fully saturated rings. The second-order valence-corrected chi connectivity index (χ2v) is 11.1. The first-order valence-corrected chi connectivity index (χ1v) is 12.9. The van der Waals surface area contributed by atoms with Crippen LogP contribution < -0.4 is 5.32 Å². The van der Waals surface area contributed by atoms with E-state index >= 15 is 0 Å². The van der Waals surface area contributed by atoms with Crippen molar-refractivity contribution in [3.63, 3.8) is 0 Å². The number of pyridine rings is 1. The topological polar surface area (TPSA) is 48.5 Å². The average Bonchev–Trinajstić information content (AvgIpc) is 2.85. The van der Waals surface area contributed by atoms with Crippen molar-refractivity contribution in [3.05, 3.63) is 65.5 Å². The third-order valence-corrected chi connectivity index (χ3v) is 7.53. The summed E-state index contributed by atoms with van der Waals surface area (Å²) < 4.78 is 39.5. The number of carbonyl (C=O) groups excluding carboxylic acids is 1. The van der Waals surface area contributed by atoms with Crippen LogP contribution in [0.15, 0.2) is 48.7 Å². The van der Waals surface area contributed by atoms with Crippen molar-refractivity contribution in [2.24, 2.45) is 11.3 Å². The Balaban J connectivity index is 0.00000380. The van der Waals surface area contributed by atoms with Gasteiger partial charge in [-0.1, -0.05) is 64.6 Å². The highest BCUT2D eigenvalue weighted by atomic mass is 19.4. The first-order chi connectivity index (χ1) is 17.0. The third-order valence-electron chi connectivity index (χ3n) is 7.53. The molecule has 2 aliphatic heterocycles. The number of benzene rings is 1. The molecule has 1 amide bonds. The molecule has 0 bridgehead atoms. The van der Waals surface area contributed by atoms with Crippen LogP contribution in [-0.4, -0.2) is 59.5 Å². The lowest BCUT2D eigenvalue weighted by Gasteiger charge is -2.49. The van der Waals surface area contributed by atoms with Crippen LogP contribution in [-0.2, 0) is 11.0 Å². The Morgan fingerprint density at radius 3 is 2.27 bits per heavy atom. The first kappa shape index (κ1) is 29.1. The molecule has 8 heteroatoms. The zero-order valence-corrected chi connectivity index (χ0v) is 21.4. The number of piperidine rings is 1. The fourth-order valence-corrected chi connectivity index (χ4v) is 5.51. The van der Waals surface area contributed by atoms with E-state index in [4.69, 9.17) is 0 Å². The van der Waals surface area contributed by atoms with Gasteiger partial charge in [0.2, 0.25) is 5.91 Å². The van der Waals surface area contributed by atoms with Gasteiger partial charge in [0.15, 0.2) is 0 Å². The lowest BCUT2D eigenvalue weighted by atomic mass is 9.82. The molecule has 3 heterocycles. The van der Waals surface area contributed by atoms with Crippen molar-refractivity contribution in [1.82, 2.24) is 20.1 Å². The van der Waals surface area contributed by atoms with Gasteiger partial charge >= 0.3 is 6.18 Å². The summed E-state index contributed by atoms with van der Waals surface area (Å²) in [6.45, 7) is 10.3. The Hall–Kier alpha value is -2.45. The standard InChI is InChI=1S/C28H37F3N4O.CH4/c1-27(2,3)24-19-34(15-16-35(24)25(36)17-20-11-13-32-14-12-20)26(21-7-5-4-6-8-21)22-9-10-23(33-18-22)28(29,30)31;/h4-10,18,20,24,26,32H,11-17,19H2,1-3H3;1H4/t24-,26?;/m1./s1. The molecule has 1 N–H and O–H groups in total. The van der Waals surface area contributed by atoms with Crippen LogP contribution in [0.5, 0.6) is 0 Å². The van der Waals surface area contributed by atoms with Crippen LogP contribution in [0.2, 0.25) is 0 Å². The van der Waals surface area contributed by atoms with Gasteiger partial charge in [-0.3, -0.25) is 14.7 Å². The van der Waals surface area contributed by atoms with Gasteiger partial charge in [-0.15, -0.1) is 0 Å². The van der Waals surface area contributed by atoms with Crippen LogP contribution in [0.4, 0.5) is 13.2 Å². The van der Waals surface area contributed by atoms with E-state index in [2.05, 4.69) is 40.9 Å². The monoisotopic (exact) mass is 518 g/mol. The molecule has 37 heavy (non-hydrogen) atoms. The summed E-state index contributed by atoms with van der Waals surface area (Å²) >= 11 is 0. The zero-order valence-electron chi connectivity index (χ0n) is 21.4. The maximum Gasteiger partial charge on any atom is 0.433 e. The van der Waals surface area contributed by atoms with Gasteiger partial charge in [-0.05, 0) is 54.5 Å². The number of amides is 1. The van der Waals surface area contributed by atoms with Gasteiger partial charge in [0, 0.05) is 38.3 Å². The van der Waals surface area contributed by atoms with E-state index in [1.54, 1.807) is 0 Å². The molecule has 1 aromatic heterocycles. The molecule has 2 saturated heterocycles. The minimum atomic E-state index is -4.47. The highest BCUT2D eigenvalue weighted by Crippen LogP contribution is 2.36. The second-order valence-electron chi connectivity index (χ2n) is 11.1. The lowest BCUT2D eigenvalue weighted by Crippen LogP contribution is -2.60. The molecule has 0 radical (unpaired) electrons. The van der Waals surface area contributed by atoms with Crippen molar-refractivity contribution in [2.75, 3.05) is 32.7 Å². The van der Waals surface area contributed by atoms with Gasteiger partial charge in [-0.25, -0.2) is 0 Å². The summed E-state index contributed by atoms with van der Waals surface area (Å²) in [7, 11) is 0. The maximum absolute atomic E-state index is 13.4. The van der Waals surface area contributed by atoms with Crippen molar-refractivity contribution in [2.45, 2.75) is 65.7 Å². The molecule has 1 unspecified atom stereocenters. The summed E-state index contributed by atoms with van der Waals surface area (Å²) in [5, 5.41) is 3.36. The number of aromatic nitrogens is 1. The molecule has 0 spiro atoms. The molecule has 2 aromatic rings. The minimum Gasteiger partial charge on any atom is -0.337 e. The van der Waals surface area contributed by atoms with Gasteiger partial charge in [0.05, 0.1) is 6.04 Å². The fourth-order valence-electron chi connectivity index (χ4n) is 5.51. The van der Waals surface area contributed by atoms with Gasteiger partial charge in [-0.2, -0.15) is 13.2 Å². The lowest BCUT2D eigenvalue weighted by molar-refractivity contribution is -0.141. The molecule has 5 nitrogen and oxygen atoms in total. The SMILES string of the molecule is C.CC(C)(C)[C@H]1CN(C(c2ccccc2)c2ccc(C(F)(F)F)nc2)CCN1C(=O)CC1CCNCC1. The molecule has 204 valence electrons. The van der Waals surface area contributed by atoms with E-state index in [0.29, 0.717) is 32.0 Å². The Labute approximate surface area is 219 Å². The van der Waals surface area contributed by atoms with Crippen molar-refractivity contribution in [1.29, 1.82) is 0 Å². The molecule has 0 aliphatic carbocycles. The largest absolute Gasteiger partial charge is 0.433 e. The van der Waals surface area contributed by atoms with E-state index in [9.17, 15) is 18.0 Å². The summed E-state index contributed by atoms with van der Waals surface area (Å²) in [6, 6.07) is 12.2. The highest BCUT2D eigenvalue weighted by Gasteiger charge is 2.41. The maximum atomic E-state index is 13.4. The Morgan fingerprint density at radius 2 is 1.70 bits per heavy atom. The third kappa shape index (κ3) is 7.11. The normalized spacial score (nSPS) is 20.8. The summed E-state index contributed by atoms with van der Waals surface area (Å²) in [6.07, 6.45) is -0.481. The number of rotatable bonds is 5. The number of hydrogen-bond donors (Lipinski definition) is 1. The van der Waals surface area contributed by atoms with E-state index in [0.717, 1.165) is 43.1 Å². The number of piperazine rings is 1. The fraction of sp³-hybridized carbons (Fsp3) is 0.586. The molecule has 0 saturated carbocycles. The Morgan fingerprint density at radius 1 is 1.03 bits per heavy atom. The van der Waals surface area contributed by atoms with Crippen LogP contribution in [0.1, 0.15) is 70.3 Å². The van der Waals surface area contributed by atoms with Crippen molar-refractivity contribution in [3.8, 4) is 0 Å². The predicted molar refractivity (Wildman–Crippen MR) is 141 cm³/mol. The predicted octanol–water partition coefficient (Wildman–Crippen LogP) is 5.77. The average molecular weight is 519 g/mol. The van der Waals surface area contributed by atoms with E-state index < -0.39 is 11.9 Å². The molecule has 1 aromatic carbocycles. The van der Waals surface area contributed by atoms with Crippen molar-refractivity contribution < 1.29 is 18.0 Å². The van der Waals surface area contributed by atoms with Crippen LogP contribution in [0, 0.1) is 11.3 Å². The van der Waals surface area contributed by atoms with Crippen molar-refractivity contribution >= 4 is 5.91 Å². The summed E-state index contributed by atoms with van der Waals surface area (Å²) in [5.74, 6) is 0.640. The number of hydrogen-bond acceptors (Lipinski definition) is 4. The van der Waals surface area contributed by atoms with Crippen LogP contribution in [0.25, 0.3) is 0 Å². The molecule has 4 rings (SSSR count). The number of nitrogens with zero attached hydrogens (tertiary/aromatic N) is 3. The van der Waals surface area contributed by atoms with E-state index in [-0.39, 0.29) is 30.8 Å². The zero-order chi connectivity index (χ0) is 25.9. The van der Waals surface area contributed by atoms with Gasteiger partial charge in [0.25, 0.3) is 0 Å². The van der Waals surface area contributed by atoms with E-state index in [1.165, 1.54) is 12.3 Å². The smallest absolute Gasteiger partial charge is 0.337 e. The summed E-state index contributed by atoms with van der Waals surface area (Å²) in [4.78, 5) is 21.5. The minimum absolute atomic E-state index is 0. The highest BCUT2D eigenvalue weighted by molar-refractivity contribution is 5.77. The number of carbonyl (C=O) groups is 1. The van der Waals surface area contributed by atoms with E-state index in [1.807, 2.05) is 30.3 Å². The van der Waals surface area contributed by atoms with Crippen LogP contribution >= 0.6 is 0 Å². The Kier molecular flexibility index (Phi) is 9.40. The van der Waals surface area contributed by atoms with Gasteiger partial charge < -0.3 is 10.2 Å². The quantitative estimate of drug-likeness (QED) is 0.546. The molecule has 2 aliphatic rings.